The number of halogens is 1. The van der Waals surface area contributed by atoms with Gasteiger partial charge >= 0.3 is 0 Å². The van der Waals surface area contributed by atoms with Crippen molar-refractivity contribution in [3.8, 4) is 0 Å². The molecular formula is C10H20FNO. The van der Waals surface area contributed by atoms with Gasteiger partial charge in [0.2, 0.25) is 0 Å². The molecule has 2 nitrogen and oxygen atoms in total. The average molecular weight is 189 g/mol. The van der Waals surface area contributed by atoms with Crippen molar-refractivity contribution in [3.63, 3.8) is 0 Å². The Labute approximate surface area is 80.1 Å². The van der Waals surface area contributed by atoms with E-state index in [9.17, 15) is 4.39 Å². The lowest BCUT2D eigenvalue weighted by Crippen LogP contribution is -2.46. The largest absolute Gasteiger partial charge is 0.381 e. The molecule has 0 aromatic carbocycles. The summed E-state index contributed by atoms with van der Waals surface area (Å²) in [6.45, 7) is 6.27. The molecule has 1 heterocycles. The zero-order chi connectivity index (χ0) is 9.90. The molecule has 13 heavy (non-hydrogen) atoms. The molecule has 1 aliphatic heterocycles. The van der Waals surface area contributed by atoms with Crippen molar-refractivity contribution in [1.82, 2.24) is 4.90 Å². The molecule has 0 aromatic rings. The molecule has 1 saturated heterocycles. The Kier molecular flexibility index (Phi) is 3.68. The highest BCUT2D eigenvalue weighted by molar-refractivity contribution is 4.87. The Balaban J connectivity index is 2.37. The maximum Gasteiger partial charge on any atom is 0.136 e. The first-order chi connectivity index (χ1) is 6.07. The minimum atomic E-state index is -1.07. The normalized spacial score (nSPS) is 23.8. The second kappa shape index (κ2) is 4.38. The molecule has 0 spiro atoms. The van der Waals surface area contributed by atoms with E-state index in [0.29, 0.717) is 18.9 Å². The number of piperidine rings is 1. The number of ether oxygens (including phenoxy) is 1. The van der Waals surface area contributed by atoms with Crippen molar-refractivity contribution >= 4 is 0 Å². The van der Waals surface area contributed by atoms with Crippen LogP contribution >= 0.6 is 0 Å². The van der Waals surface area contributed by atoms with E-state index in [-0.39, 0.29) is 6.61 Å². The lowest BCUT2D eigenvalue weighted by Gasteiger charge is -2.37. The number of rotatable bonds is 3. The maximum atomic E-state index is 13.9. The predicted molar refractivity (Wildman–Crippen MR) is 51.7 cm³/mol. The molecule has 3 heteroatoms. The lowest BCUT2D eigenvalue weighted by atomic mass is 9.93. The molecule has 0 N–H and O–H groups in total. The van der Waals surface area contributed by atoms with Gasteiger partial charge in [-0.3, -0.25) is 0 Å². The highest BCUT2D eigenvalue weighted by Crippen LogP contribution is 2.27. The zero-order valence-corrected chi connectivity index (χ0v) is 8.85. The fraction of sp³-hybridized carbons (Fsp3) is 1.00. The molecule has 0 bridgehead atoms. The van der Waals surface area contributed by atoms with Gasteiger partial charge in [-0.2, -0.15) is 0 Å². The summed E-state index contributed by atoms with van der Waals surface area (Å²) in [5.41, 5.74) is -1.07. The van der Waals surface area contributed by atoms with Crippen LogP contribution in [0, 0.1) is 0 Å². The van der Waals surface area contributed by atoms with Gasteiger partial charge in [0, 0.05) is 26.2 Å². The van der Waals surface area contributed by atoms with E-state index in [2.05, 4.69) is 18.7 Å². The summed E-state index contributed by atoms with van der Waals surface area (Å²) in [4.78, 5) is 2.31. The fourth-order valence-corrected chi connectivity index (χ4v) is 1.84. The van der Waals surface area contributed by atoms with Gasteiger partial charge in [-0.05, 0) is 26.7 Å². The van der Waals surface area contributed by atoms with Crippen molar-refractivity contribution in [2.45, 2.75) is 38.4 Å². The Morgan fingerprint density at radius 3 is 2.31 bits per heavy atom. The summed E-state index contributed by atoms with van der Waals surface area (Å²) in [5, 5.41) is 0. The van der Waals surface area contributed by atoms with Crippen molar-refractivity contribution in [1.29, 1.82) is 0 Å². The smallest absolute Gasteiger partial charge is 0.136 e. The third kappa shape index (κ3) is 2.92. The van der Waals surface area contributed by atoms with Crippen LogP contribution in [-0.2, 0) is 4.74 Å². The van der Waals surface area contributed by atoms with Gasteiger partial charge in [-0.15, -0.1) is 0 Å². The summed E-state index contributed by atoms with van der Waals surface area (Å²) in [6, 6.07) is 0.534. The van der Waals surface area contributed by atoms with Crippen LogP contribution in [0.3, 0.4) is 0 Å². The van der Waals surface area contributed by atoms with Crippen LogP contribution in [0.2, 0.25) is 0 Å². The van der Waals surface area contributed by atoms with Gasteiger partial charge in [-0.25, -0.2) is 4.39 Å². The number of methoxy groups -OCH3 is 1. The molecule has 0 aliphatic carbocycles. The van der Waals surface area contributed by atoms with Gasteiger partial charge in [0.15, 0.2) is 0 Å². The number of likely N-dealkylation sites (tertiary alicyclic amines) is 1. The molecule has 1 fully saturated rings. The van der Waals surface area contributed by atoms with Crippen molar-refractivity contribution in [2.75, 3.05) is 26.8 Å². The van der Waals surface area contributed by atoms with E-state index in [1.54, 1.807) is 7.11 Å². The van der Waals surface area contributed by atoms with Crippen molar-refractivity contribution in [3.05, 3.63) is 0 Å². The summed E-state index contributed by atoms with van der Waals surface area (Å²) in [7, 11) is 1.57. The SMILES string of the molecule is COCC1(F)CCN(C(C)C)CC1. The molecule has 0 aromatic heterocycles. The van der Waals surface area contributed by atoms with E-state index >= 15 is 0 Å². The van der Waals surface area contributed by atoms with E-state index in [1.807, 2.05) is 0 Å². The predicted octanol–water partition coefficient (Wildman–Crippen LogP) is 1.85. The second-order valence-corrected chi connectivity index (χ2v) is 4.21. The first-order valence-electron chi connectivity index (χ1n) is 4.99. The average Bonchev–Trinajstić information content (AvgIpc) is 2.05. The molecule has 1 aliphatic rings. The summed E-state index contributed by atoms with van der Waals surface area (Å²) in [5.74, 6) is 0. The fourth-order valence-electron chi connectivity index (χ4n) is 1.84. The zero-order valence-electron chi connectivity index (χ0n) is 8.85. The molecule has 78 valence electrons. The lowest BCUT2D eigenvalue weighted by molar-refractivity contribution is -0.0146. The summed E-state index contributed by atoms with van der Waals surface area (Å²) < 4.78 is 18.7. The Morgan fingerprint density at radius 2 is 1.92 bits per heavy atom. The minimum absolute atomic E-state index is 0.249. The standard InChI is InChI=1S/C10H20FNO/c1-9(2)12-6-4-10(11,5-7-12)8-13-3/h9H,4-8H2,1-3H3. The van der Waals surface area contributed by atoms with Gasteiger partial charge in [-0.1, -0.05) is 0 Å². The van der Waals surface area contributed by atoms with Crippen LogP contribution in [0.1, 0.15) is 26.7 Å². The van der Waals surface area contributed by atoms with Gasteiger partial charge in [0.25, 0.3) is 0 Å². The molecule has 0 atom stereocenters. The third-order valence-electron chi connectivity index (χ3n) is 2.83. The number of nitrogens with zero attached hydrogens (tertiary/aromatic N) is 1. The molecule has 0 saturated carbocycles. The number of alkyl halides is 1. The van der Waals surface area contributed by atoms with Gasteiger partial charge in [0.05, 0.1) is 6.61 Å². The van der Waals surface area contributed by atoms with Crippen molar-refractivity contribution in [2.24, 2.45) is 0 Å². The molecule has 0 unspecified atom stereocenters. The Bertz CT molecular complexity index is 153. The summed E-state index contributed by atoms with van der Waals surface area (Å²) >= 11 is 0. The van der Waals surface area contributed by atoms with Crippen LogP contribution in [0.25, 0.3) is 0 Å². The first-order valence-corrected chi connectivity index (χ1v) is 4.99. The second-order valence-electron chi connectivity index (χ2n) is 4.21. The third-order valence-corrected chi connectivity index (χ3v) is 2.83. The Hall–Kier alpha value is -0.150. The quantitative estimate of drug-likeness (QED) is 0.671. The van der Waals surface area contributed by atoms with Crippen LogP contribution in [-0.4, -0.2) is 43.4 Å². The highest BCUT2D eigenvalue weighted by Gasteiger charge is 2.34. The van der Waals surface area contributed by atoms with Crippen molar-refractivity contribution < 1.29 is 9.13 Å². The van der Waals surface area contributed by atoms with Crippen LogP contribution in [0.5, 0.6) is 0 Å². The van der Waals surface area contributed by atoms with Gasteiger partial charge in [0.1, 0.15) is 5.67 Å². The summed E-state index contributed by atoms with van der Waals surface area (Å²) in [6.07, 6.45) is 1.22. The van der Waals surface area contributed by atoms with E-state index in [4.69, 9.17) is 4.74 Å². The van der Waals surface area contributed by atoms with Crippen LogP contribution in [0.4, 0.5) is 4.39 Å². The van der Waals surface area contributed by atoms with Crippen LogP contribution < -0.4 is 0 Å². The van der Waals surface area contributed by atoms with E-state index in [1.165, 1.54) is 0 Å². The van der Waals surface area contributed by atoms with Gasteiger partial charge < -0.3 is 9.64 Å². The number of hydrogen-bond acceptors (Lipinski definition) is 2. The highest BCUT2D eigenvalue weighted by atomic mass is 19.1. The minimum Gasteiger partial charge on any atom is -0.381 e. The topological polar surface area (TPSA) is 12.5 Å². The van der Waals surface area contributed by atoms with E-state index < -0.39 is 5.67 Å². The first kappa shape index (κ1) is 10.9. The maximum absolute atomic E-state index is 13.9. The Morgan fingerprint density at radius 1 is 1.38 bits per heavy atom. The van der Waals surface area contributed by atoms with Crippen LogP contribution in [0.15, 0.2) is 0 Å². The molecule has 0 amide bonds. The molecule has 0 radical (unpaired) electrons. The molecule has 1 rings (SSSR count). The molecular weight excluding hydrogens is 169 g/mol. The monoisotopic (exact) mass is 189 g/mol. The van der Waals surface area contributed by atoms with E-state index in [0.717, 1.165) is 13.1 Å². The number of hydrogen-bond donors (Lipinski definition) is 0.